The number of pyridine rings is 1. The number of hydrogen-bond acceptors (Lipinski definition) is 6. The molecule has 10 heteroatoms. The van der Waals surface area contributed by atoms with Gasteiger partial charge in [-0.2, -0.15) is 5.10 Å². The molecule has 0 aliphatic rings. The van der Waals surface area contributed by atoms with Crippen molar-refractivity contribution in [3.8, 4) is 28.3 Å². The van der Waals surface area contributed by atoms with Crippen molar-refractivity contribution in [2.24, 2.45) is 7.05 Å². The van der Waals surface area contributed by atoms with Crippen LogP contribution in [0.3, 0.4) is 0 Å². The minimum absolute atomic E-state index is 0.0219. The van der Waals surface area contributed by atoms with E-state index < -0.39 is 11.5 Å². The molecule has 0 aliphatic carbocycles. The molecule has 0 radical (unpaired) electrons. The minimum Gasteiger partial charge on any atom is -0.420 e. The number of aromatic amines is 2. The van der Waals surface area contributed by atoms with Crippen LogP contribution in [0.15, 0.2) is 77.9 Å². The third kappa shape index (κ3) is 4.25. The van der Waals surface area contributed by atoms with Crippen LogP contribution in [0.2, 0.25) is 5.02 Å². The van der Waals surface area contributed by atoms with Crippen LogP contribution in [0.5, 0.6) is 5.75 Å². The Morgan fingerprint density at radius 2 is 1.84 bits per heavy atom. The van der Waals surface area contributed by atoms with E-state index in [9.17, 15) is 9.59 Å². The summed E-state index contributed by atoms with van der Waals surface area (Å²) < 4.78 is 7.23. The standard InChI is InChI=1S/C27H19ClN6O3/c1-34-9-5-8-18(34)12-22(35)37-21-13-20-26(32-27(21)36)31-24(15-6-3-2-4-7-15)25(30-20)16-10-17-14-29-33-23(17)19(28)11-16/h2-11,13-14H,12H2,1H3,(H,29,33)(H,31,32,36). The van der Waals surface area contributed by atoms with Crippen molar-refractivity contribution in [2.45, 2.75) is 6.42 Å². The van der Waals surface area contributed by atoms with E-state index >= 15 is 0 Å². The average molecular weight is 511 g/mol. The molecule has 9 nitrogen and oxygen atoms in total. The SMILES string of the molecule is Cn1cccc1CC(=O)Oc1cc2nc(-c3cc(Cl)c4[nH]ncc4c3)c(-c3ccccc3)nc2[nH]c1=O. The van der Waals surface area contributed by atoms with Gasteiger partial charge in [0.05, 0.1) is 34.5 Å². The van der Waals surface area contributed by atoms with Crippen molar-refractivity contribution < 1.29 is 9.53 Å². The van der Waals surface area contributed by atoms with Crippen molar-refractivity contribution in [2.75, 3.05) is 0 Å². The van der Waals surface area contributed by atoms with Gasteiger partial charge in [-0.1, -0.05) is 41.9 Å². The number of nitrogens with one attached hydrogen (secondary N) is 2. The van der Waals surface area contributed by atoms with Crippen LogP contribution in [-0.4, -0.2) is 35.7 Å². The van der Waals surface area contributed by atoms with Gasteiger partial charge in [-0.15, -0.1) is 0 Å². The van der Waals surface area contributed by atoms with Crippen molar-refractivity contribution in [1.82, 2.24) is 29.7 Å². The number of rotatable bonds is 5. The van der Waals surface area contributed by atoms with Gasteiger partial charge >= 0.3 is 5.97 Å². The zero-order chi connectivity index (χ0) is 25.5. The predicted molar refractivity (Wildman–Crippen MR) is 140 cm³/mol. The molecule has 0 fully saturated rings. The summed E-state index contributed by atoms with van der Waals surface area (Å²) in [5.41, 5.74) is 4.20. The number of esters is 1. The Kier molecular flexibility index (Phi) is 5.54. The summed E-state index contributed by atoms with van der Waals surface area (Å²) >= 11 is 6.52. The van der Waals surface area contributed by atoms with Crippen molar-refractivity contribution >= 4 is 39.6 Å². The van der Waals surface area contributed by atoms with E-state index in [1.54, 1.807) is 12.3 Å². The number of carbonyl (C=O) groups is 1. The molecule has 0 spiro atoms. The van der Waals surface area contributed by atoms with Crippen LogP contribution in [0.1, 0.15) is 5.69 Å². The summed E-state index contributed by atoms with van der Waals surface area (Å²) in [6.07, 6.45) is 3.54. The Bertz CT molecular complexity index is 1860. The second-order valence-electron chi connectivity index (χ2n) is 8.54. The van der Waals surface area contributed by atoms with Gasteiger partial charge in [-0.25, -0.2) is 9.97 Å². The van der Waals surface area contributed by atoms with Gasteiger partial charge in [0.25, 0.3) is 5.56 Å². The summed E-state index contributed by atoms with van der Waals surface area (Å²) in [5.74, 6) is -0.708. The van der Waals surface area contributed by atoms with Gasteiger partial charge in [-0.05, 0) is 24.3 Å². The number of hydrogen-bond donors (Lipinski definition) is 2. The highest BCUT2D eigenvalue weighted by Gasteiger charge is 2.18. The number of nitrogens with zero attached hydrogens (tertiary/aromatic N) is 4. The highest BCUT2D eigenvalue weighted by molar-refractivity contribution is 6.35. The summed E-state index contributed by atoms with van der Waals surface area (Å²) in [6.45, 7) is 0. The summed E-state index contributed by atoms with van der Waals surface area (Å²) in [7, 11) is 1.83. The average Bonchev–Trinajstić information content (AvgIpc) is 3.53. The predicted octanol–water partition coefficient (Wildman–Crippen LogP) is 4.67. The van der Waals surface area contributed by atoms with Crippen LogP contribution in [0, 0.1) is 0 Å². The number of aromatic nitrogens is 6. The lowest BCUT2D eigenvalue weighted by Gasteiger charge is -2.12. The van der Waals surface area contributed by atoms with Gasteiger partial charge in [0.15, 0.2) is 11.4 Å². The zero-order valence-corrected chi connectivity index (χ0v) is 20.3. The molecule has 0 atom stereocenters. The highest BCUT2D eigenvalue weighted by atomic mass is 35.5. The summed E-state index contributed by atoms with van der Waals surface area (Å²) in [5, 5.41) is 8.27. The molecule has 4 heterocycles. The van der Waals surface area contributed by atoms with E-state index in [-0.39, 0.29) is 17.8 Å². The molecule has 0 aliphatic heterocycles. The van der Waals surface area contributed by atoms with E-state index in [0.29, 0.717) is 21.9 Å². The number of halogens is 1. The van der Waals surface area contributed by atoms with Crippen LogP contribution in [-0.2, 0) is 18.3 Å². The van der Waals surface area contributed by atoms with Gasteiger partial charge < -0.3 is 14.3 Å². The van der Waals surface area contributed by atoms with Crippen LogP contribution < -0.4 is 10.3 Å². The Morgan fingerprint density at radius 3 is 2.62 bits per heavy atom. The lowest BCUT2D eigenvalue weighted by atomic mass is 10.0. The second kappa shape index (κ2) is 9.03. The first-order chi connectivity index (χ1) is 18.0. The van der Waals surface area contributed by atoms with E-state index in [0.717, 1.165) is 27.7 Å². The molecule has 0 bridgehead atoms. The van der Waals surface area contributed by atoms with E-state index in [1.807, 2.05) is 66.3 Å². The first-order valence-electron chi connectivity index (χ1n) is 11.4. The molecule has 2 aromatic carbocycles. The first kappa shape index (κ1) is 22.7. The van der Waals surface area contributed by atoms with Crippen LogP contribution >= 0.6 is 11.6 Å². The lowest BCUT2D eigenvalue weighted by molar-refractivity contribution is -0.133. The molecule has 6 aromatic rings. The van der Waals surface area contributed by atoms with Crippen LogP contribution in [0.4, 0.5) is 0 Å². The van der Waals surface area contributed by atoms with Gasteiger partial charge in [0.2, 0.25) is 0 Å². The van der Waals surface area contributed by atoms with Crippen molar-refractivity contribution in [3.05, 3.63) is 94.1 Å². The molecular weight excluding hydrogens is 492 g/mol. The number of fused-ring (bicyclic) bond motifs is 2. The molecule has 2 N–H and O–H groups in total. The highest BCUT2D eigenvalue weighted by Crippen LogP contribution is 2.34. The summed E-state index contributed by atoms with van der Waals surface area (Å²) in [6, 6.07) is 18.3. The molecule has 182 valence electrons. The van der Waals surface area contributed by atoms with Crippen molar-refractivity contribution in [1.29, 1.82) is 0 Å². The number of H-pyrrole nitrogens is 2. The molecule has 0 saturated carbocycles. The largest absolute Gasteiger partial charge is 0.420 e. The Hall–Kier alpha value is -4.76. The smallest absolute Gasteiger partial charge is 0.317 e. The molecule has 4 aromatic heterocycles. The van der Waals surface area contributed by atoms with E-state index in [1.165, 1.54) is 6.07 Å². The fourth-order valence-electron chi connectivity index (χ4n) is 4.21. The fourth-order valence-corrected chi connectivity index (χ4v) is 4.48. The minimum atomic E-state index is -0.573. The molecular formula is C27H19ClN6O3. The molecule has 0 saturated heterocycles. The zero-order valence-electron chi connectivity index (χ0n) is 19.5. The maximum Gasteiger partial charge on any atom is 0.317 e. The number of aryl methyl sites for hydroxylation is 1. The monoisotopic (exact) mass is 510 g/mol. The van der Waals surface area contributed by atoms with Gasteiger partial charge in [0.1, 0.15) is 5.52 Å². The maximum absolute atomic E-state index is 12.8. The summed E-state index contributed by atoms with van der Waals surface area (Å²) in [4.78, 5) is 37.6. The number of carbonyl (C=O) groups excluding carboxylic acids is 1. The molecule has 6 rings (SSSR count). The fraction of sp³-hybridized carbons (Fsp3) is 0.0741. The maximum atomic E-state index is 12.8. The Labute approximate surface area is 214 Å². The Morgan fingerprint density at radius 1 is 1.03 bits per heavy atom. The van der Waals surface area contributed by atoms with E-state index in [2.05, 4.69) is 15.2 Å². The molecule has 0 unspecified atom stereocenters. The normalized spacial score (nSPS) is 11.3. The van der Waals surface area contributed by atoms with Crippen molar-refractivity contribution in [3.63, 3.8) is 0 Å². The molecule has 37 heavy (non-hydrogen) atoms. The lowest BCUT2D eigenvalue weighted by Crippen LogP contribution is -2.19. The van der Waals surface area contributed by atoms with Gasteiger partial charge in [0, 0.05) is 41.5 Å². The first-order valence-corrected chi connectivity index (χ1v) is 11.8. The topological polar surface area (TPSA) is 119 Å². The third-order valence-electron chi connectivity index (χ3n) is 6.07. The second-order valence-corrected chi connectivity index (χ2v) is 8.94. The quantitative estimate of drug-likeness (QED) is 0.325. The van der Waals surface area contributed by atoms with Gasteiger partial charge in [-0.3, -0.25) is 14.7 Å². The Balaban J connectivity index is 1.48. The molecule has 0 amide bonds. The number of ether oxygens (including phenoxy) is 1. The van der Waals surface area contributed by atoms with Crippen LogP contribution in [0.25, 0.3) is 44.6 Å². The third-order valence-corrected chi connectivity index (χ3v) is 6.37. The van der Waals surface area contributed by atoms with E-state index in [4.69, 9.17) is 26.3 Å². The number of benzene rings is 2.